The first-order valence-electron chi connectivity index (χ1n) is 5.86. The molecule has 20 heavy (non-hydrogen) atoms. The molecule has 1 aromatic carbocycles. The van der Waals surface area contributed by atoms with Crippen LogP contribution in [-0.2, 0) is 4.74 Å². The summed E-state index contributed by atoms with van der Waals surface area (Å²) in [6, 6.07) is 5.14. The van der Waals surface area contributed by atoms with Gasteiger partial charge in [-0.2, -0.15) is 0 Å². The van der Waals surface area contributed by atoms with Crippen LogP contribution < -0.4 is 4.74 Å². The Bertz CT molecular complexity index is 469. The maximum Gasteiger partial charge on any atom is 0.229 e. The third-order valence-electron chi connectivity index (χ3n) is 2.99. The van der Waals surface area contributed by atoms with E-state index < -0.39 is 37.3 Å². The van der Waals surface area contributed by atoms with Crippen LogP contribution in [0.15, 0.2) is 27.1 Å². The van der Waals surface area contributed by atoms with Crippen LogP contribution in [0.4, 0.5) is 0 Å². The van der Waals surface area contributed by atoms with E-state index in [1.807, 2.05) is 0 Å². The Morgan fingerprint density at radius 2 is 1.80 bits per heavy atom. The van der Waals surface area contributed by atoms with Crippen molar-refractivity contribution in [3.8, 4) is 5.75 Å². The Kier molecular flexibility index (Phi) is 5.41. The van der Waals surface area contributed by atoms with Crippen LogP contribution in [0.5, 0.6) is 5.75 Å². The summed E-state index contributed by atoms with van der Waals surface area (Å²) in [5.41, 5.74) is 0. The molecule has 112 valence electrons. The standard InChI is InChI=1S/C12H14Br2O6/c13-5-1-2-7(6(14)3-5)19-12-11(18)10(17)9(16)8(4-15)20-12/h1-3,8-12,15-18H,4H2/t8-,9-,10+,11-,12-/m0/s1. The average molecular weight is 414 g/mol. The molecule has 0 bridgehead atoms. The van der Waals surface area contributed by atoms with Gasteiger partial charge < -0.3 is 29.9 Å². The Balaban J connectivity index is 2.15. The Morgan fingerprint density at radius 3 is 2.40 bits per heavy atom. The molecule has 1 aromatic rings. The SMILES string of the molecule is OC[C@@H]1O[C@H](Oc2ccc(Br)cc2Br)[C@@H](O)[C@H](O)[C@H]1O. The lowest BCUT2D eigenvalue weighted by molar-refractivity contribution is -0.277. The number of aliphatic hydroxyl groups excluding tert-OH is 4. The summed E-state index contributed by atoms with van der Waals surface area (Å²) in [4.78, 5) is 0. The van der Waals surface area contributed by atoms with Crippen LogP contribution in [0.3, 0.4) is 0 Å². The molecule has 1 fully saturated rings. The second-order valence-corrected chi connectivity index (χ2v) is 6.16. The molecule has 6 nitrogen and oxygen atoms in total. The summed E-state index contributed by atoms with van der Waals surface area (Å²) >= 11 is 6.60. The highest BCUT2D eigenvalue weighted by Gasteiger charge is 2.44. The van der Waals surface area contributed by atoms with E-state index in [2.05, 4.69) is 31.9 Å². The number of aliphatic hydroxyl groups is 4. The minimum Gasteiger partial charge on any atom is -0.461 e. The first-order chi connectivity index (χ1) is 9.43. The lowest BCUT2D eigenvalue weighted by Crippen LogP contribution is -2.60. The normalized spacial score (nSPS) is 34.0. The fourth-order valence-electron chi connectivity index (χ4n) is 1.86. The van der Waals surface area contributed by atoms with E-state index in [1.54, 1.807) is 18.2 Å². The first-order valence-corrected chi connectivity index (χ1v) is 7.45. The third-order valence-corrected chi connectivity index (χ3v) is 4.10. The van der Waals surface area contributed by atoms with Crippen molar-refractivity contribution in [2.45, 2.75) is 30.7 Å². The van der Waals surface area contributed by atoms with E-state index >= 15 is 0 Å². The zero-order valence-electron chi connectivity index (χ0n) is 10.2. The van der Waals surface area contributed by atoms with Crippen molar-refractivity contribution < 1.29 is 29.9 Å². The number of benzene rings is 1. The monoisotopic (exact) mass is 412 g/mol. The van der Waals surface area contributed by atoms with E-state index in [-0.39, 0.29) is 0 Å². The molecule has 0 radical (unpaired) electrons. The molecule has 4 N–H and O–H groups in total. The van der Waals surface area contributed by atoms with Gasteiger partial charge in [0.1, 0.15) is 30.2 Å². The van der Waals surface area contributed by atoms with E-state index in [0.717, 1.165) is 4.47 Å². The molecule has 2 rings (SSSR count). The largest absolute Gasteiger partial charge is 0.461 e. The van der Waals surface area contributed by atoms with Gasteiger partial charge in [-0.25, -0.2) is 0 Å². The fraction of sp³-hybridized carbons (Fsp3) is 0.500. The summed E-state index contributed by atoms with van der Waals surface area (Å²) in [6.07, 6.45) is -6.47. The van der Waals surface area contributed by atoms with Crippen LogP contribution in [0.2, 0.25) is 0 Å². The highest BCUT2D eigenvalue weighted by molar-refractivity contribution is 9.11. The fourth-order valence-corrected chi connectivity index (χ4v) is 3.00. The topological polar surface area (TPSA) is 99.4 Å². The molecular weight excluding hydrogens is 400 g/mol. The highest BCUT2D eigenvalue weighted by Crippen LogP contribution is 2.31. The molecule has 0 spiro atoms. The van der Waals surface area contributed by atoms with E-state index in [4.69, 9.17) is 14.6 Å². The second-order valence-electron chi connectivity index (χ2n) is 4.39. The van der Waals surface area contributed by atoms with Gasteiger partial charge in [-0.1, -0.05) is 15.9 Å². The minimum absolute atomic E-state index is 0.400. The number of ether oxygens (including phenoxy) is 2. The van der Waals surface area contributed by atoms with Gasteiger partial charge >= 0.3 is 0 Å². The molecule has 0 saturated carbocycles. The third kappa shape index (κ3) is 3.33. The summed E-state index contributed by atoms with van der Waals surface area (Å²) < 4.78 is 12.2. The number of hydrogen-bond donors (Lipinski definition) is 4. The van der Waals surface area contributed by atoms with Crippen molar-refractivity contribution in [2.75, 3.05) is 6.61 Å². The summed E-state index contributed by atoms with van der Waals surface area (Å²) in [7, 11) is 0. The van der Waals surface area contributed by atoms with Crippen molar-refractivity contribution in [1.82, 2.24) is 0 Å². The number of rotatable bonds is 3. The van der Waals surface area contributed by atoms with Gasteiger partial charge in [-0.3, -0.25) is 0 Å². The smallest absolute Gasteiger partial charge is 0.229 e. The molecule has 1 aliphatic rings. The van der Waals surface area contributed by atoms with Crippen LogP contribution >= 0.6 is 31.9 Å². The Morgan fingerprint density at radius 1 is 1.10 bits per heavy atom. The molecule has 1 aliphatic heterocycles. The van der Waals surface area contributed by atoms with Gasteiger partial charge in [0.15, 0.2) is 0 Å². The average Bonchev–Trinajstić information content (AvgIpc) is 2.42. The van der Waals surface area contributed by atoms with Crippen LogP contribution in [0.1, 0.15) is 0 Å². The molecule has 0 amide bonds. The molecule has 0 aromatic heterocycles. The van der Waals surface area contributed by atoms with Crippen molar-refractivity contribution in [3.63, 3.8) is 0 Å². The van der Waals surface area contributed by atoms with Gasteiger partial charge in [-0.15, -0.1) is 0 Å². The second kappa shape index (κ2) is 6.69. The van der Waals surface area contributed by atoms with Crippen molar-refractivity contribution in [3.05, 3.63) is 27.1 Å². The zero-order chi connectivity index (χ0) is 14.9. The van der Waals surface area contributed by atoms with Crippen molar-refractivity contribution >= 4 is 31.9 Å². The van der Waals surface area contributed by atoms with Gasteiger partial charge in [0.25, 0.3) is 0 Å². The Hall–Kier alpha value is -0.220. The molecule has 0 aliphatic carbocycles. The summed E-state index contributed by atoms with van der Waals surface area (Å²) in [5.74, 6) is 0.400. The van der Waals surface area contributed by atoms with E-state index in [1.165, 1.54) is 0 Å². The first kappa shape index (κ1) is 16.2. The van der Waals surface area contributed by atoms with Gasteiger partial charge in [-0.05, 0) is 34.1 Å². The van der Waals surface area contributed by atoms with Gasteiger partial charge in [0.2, 0.25) is 6.29 Å². The van der Waals surface area contributed by atoms with Crippen molar-refractivity contribution in [1.29, 1.82) is 0 Å². The molecule has 1 saturated heterocycles. The lowest BCUT2D eigenvalue weighted by Gasteiger charge is -2.39. The lowest BCUT2D eigenvalue weighted by atomic mass is 9.99. The number of halogens is 2. The maximum absolute atomic E-state index is 9.86. The van der Waals surface area contributed by atoms with Crippen LogP contribution in [0.25, 0.3) is 0 Å². The van der Waals surface area contributed by atoms with E-state index in [9.17, 15) is 15.3 Å². The molecule has 0 unspecified atom stereocenters. The predicted octanol–water partition coefficient (Wildman–Crippen LogP) is 0.390. The maximum atomic E-state index is 9.86. The zero-order valence-corrected chi connectivity index (χ0v) is 13.4. The molecule has 1 heterocycles. The molecule has 5 atom stereocenters. The van der Waals surface area contributed by atoms with Crippen molar-refractivity contribution in [2.24, 2.45) is 0 Å². The highest BCUT2D eigenvalue weighted by atomic mass is 79.9. The predicted molar refractivity (Wildman–Crippen MR) is 76.2 cm³/mol. The Labute approximate surface area is 132 Å². The molecular formula is C12H14Br2O6. The van der Waals surface area contributed by atoms with Crippen LogP contribution in [-0.4, -0.2) is 57.7 Å². The van der Waals surface area contributed by atoms with Gasteiger partial charge in [0.05, 0.1) is 11.1 Å². The summed E-state index contributed by atoms with van der Waals surface area (Å²) in [5, 5.41) is 38.3. The minimum atomic E-state index is -1.46. The number of hydrogen-bond acceptors (Lipinski definition) is 6. The van der Waals surface area contributed by atoms with Crippen LogP contribution in [0, 0.1) is 0 Å². The van der Waals surface area contributed by atoms with Gasteiger partial charge in [0, 0.05) is 4.47 Å². The quantitative estimate of drug-likeness (QED) is 0.572. The summed E-state index contributed by atoms with van der Waals surface area (Å²) in [6.45, 7) is -0.494. The molecule has 8 heteroatoms. The van der Waals surface area contributed by atoms with E-state index in [0.29, 0.717) is 10.2 Å².